The van der Waals surface area contributed by atoms with E-state index in [2.05, 4.69) is 25.1 Å². The standard InChI is InChI=1S/C24H19Cl2F5N6O5/c1-9-32-23(37(34-9)15-6-11(25)2-3-16(15)42-24(29,30)31)22-21(40)19(20(39)17(8-38)41-22)36-7-14(33-35-36)10-4-12(27)18(26)13(28)5-10/h2-7,17,19-22,38-40H,8H2,1H3/t17-,19+,20?,21-,22-/m1/s1. The van der Waals surface area contributed by atoms with Gasteiger partial charge in [-0.05, 0) is 37.3 Å². The van der Waals surface area contributed by atoms with Gasteiger partial charge in [0.2, 0.25) is 0 Å². The smallest absolute Gasteiger partial charge is 0.403 e. The number of rotatable bonds is 6. The van der Waals surface area contributed by atoms with Crippen LogP contribution in [0, 0.1) is 18.6 Å². The zero-order chi connectivity index (χ0) is 30.5. The molecule has 224 valence electrons. The van der Waals surface area contributed by atoms with Crippen LogP contribution in [0.3, 0.4) is 0 Å². The maximum absolute atomic E-state index is 14.0. The maximum atomic E-state index is 14.0. The van der Waals surface area contributed by atoms with Gasteiger partial charge in [0.25, 0.3) is 0 Å². The fraction of sp³-hybridized carbons (Fsp3) is 0.333. The first kappa shape index (κ1) is 30.1. The van der Waals surface area contributed by atoms with E-state index in [0.717, 1.165) is 39.7 Å². The van der Waals surface area contributed by atoms with Crippen LogP contribution < -0.4 is 4.74 Å². The van der Waals surface area contributed by atoms with Crippen molar-refractivity contribution in [1.29, 1.82) is 0 Å². The Kier molecular flexibility index (Phi) is 8.12. The van der Waals surface area contributed by atoms with Gasteiger partial charge in [-0.25, -0.2) is 23.1 Å². The van der Waals surface area contributed by atoms with Gasteiger partial charge in [-0.3, -0.25) is 0 Å². The molecule has 1 aliphatic rings. The molecule has 42 heavy (non-hydrogen) atoms. The molecule has 1 aliphatic heterocycles. The predicted octanol–water partition coefficient (Wildman–Crippen LogP) is 3.71. The summed E-state index contributed by atoms with van der Waals surface area (Å²) in [4.78, 5) is 4.21. The molecule has 0 saturated carbocycles. The van der Waals surface area contributed by atoms with Crippen LogP contribution in [-0.4, -0.2) is 76.4 Å². The monoisotopic (exact) mass is 636 g/mol. The first-order valence-corrected chi connectivity index (χ1v) is 12.7. The number of benzene rings is 2. The van der Waals surface area contributed by atoms with Crippen molar-refractivity contribution in [3.63, 3.8) is 0 Å². The third-order valence-corrected chi connectivity index (χ3v) is 6.95. The van der Waals surface area contributed by atoms with E-state index in [1.807, 2.05) is 0 Å². The number of aromatic nitrogens is 6. The Balaban J connectivity index is 1.56. The number of nitrogens with zero attached hydrogens (tertiary/aromatic N) is 6. The van der Waals surface area contributed by atoms with Crippen molar-refractivity contribution in [2.45, 2.75) is 43.7 Å². The van der Waals surface area contributed by atoms with Gasteiger partial charge in [0.15, 0.2) is 11.6 Å². The predicted molar refractivity (Wildman–Crippen MR) is 134 cm³/mol. The van der Waals surface area contributed by atoms with Crippen LogP contribution in [0.2, 0.25) is 10.0 Å². The van der Waals surface area contributed by atoms with Crippen molar-refractivity contribution in [2.24, 2.45) is 0 Å². The van der Waals surface area contributed by atoms with Gasteiger partial charge in [0, 0.05) is 10.6 Å². The molecule has 2 aromatic heterocycles. The van der Waals surface area contributed by atoms with Gasteiger partial charge in [-0.1, -0.05) is 28.4 Å². The molecule has 5 atom stereocenters. The van der Waals surface area contributed by atoms with Crippen LogP contribution in [0.4, 0.5) is 22.0 Å². The Morgan fingerprint density at radius 2 is 1.76 bits per heavy atom. The van der Waals surface area contributed by atoms with Crippen LogP contribution in [0.25, 0.3) is 16.9 Å². The molecule has 5 rings (SSSR count). The number of hydrogen-bond donors (Lipinski definition) is 3. The van der Waals surface area contributed by atoms with Crippen LogP contribution >= 0.6 is 23.2 Å². The van der Waals surface area contributed by atoms with E-state index in [4.69, 9.17) is 27.9 Å². The Labute approximate surface area is 242 Å². The lowest BCUT2D eigenvalue weighted by Gasteiger charge is -2.41. The number of alkyl halides is 3. The quantitative estimate of drug-likeness (QED) is 0.213. The highest BCUT2D eigenvalue weighted by Crippen LogP contribution is 2.40. The first-order valence-electron chi connectivity index (χ1n) is 12.0. The summed E-state index contributed by atoms with van der Waals surface area (Å²) in [7, 11) is 0. The van der Waals surface area contributed by atoms with Crippen LogP contribution in [0.5, 0.6) is 5.75 Å². The Morgan fingerprint density at radius 3 is 2.40 bits per heavy atom. The average Bonchev–Trinajstić information content (AvgIpc) is 3.54. The topological polar surface area (TPSA) is 141 Å². The molecule has 18 heteroatoms. The largest absolute Gasteiger partial charge is 0.573 e. The Hall–Kier alpha value is -3.41. The SMILES string of the molecule is Cc1nc([C@@H]2O[C@H](CO)C(O)[C@H](n3cc(-c4cc(F)c(Cl)c(F)c4)nn3)[C@H]2O)n(-c2cc(Cl)ccc2OC(F)(F)F)n1. The highest BCUT2D eigenvalue weighted by Gasteiger charge is 2.48. The lowest BCUT2D eigenvalue weighted by molar-refractivity contribution is -0.274. The second-order valence-corrected chi connectivity index (χ2v) is 9.99. The van der Waals surface area contributed by atoms with Crippen molar-refractivity contribution in [2.75, 3.05) is 6.61 Å². The minimum atomic E-state index is -5.07. The average molecular weight is 637 g/mol. The second-order valence-electron chi connectivity index (χ2n) is 9.18. The molecule has 2 aromatic carbocycles. The van der Waals surface area contributed by atoms with Crippen molar-refractivity contribution in [1.82, 2.24) is 29.8 Å². The molecule has 1 fully saturated rings. The summed E-state index contributed by atoms with van der Waals surface area (Å²) in [5, 5.41) is 43.4. The number of aryl methyl sites for hydroxylation is 1. The molecule has 1 saturated heterocycles. The molecule has 1 unspecified atom stereocenters. The van der Waals surface area contributed by atoms with Crippen molar-refractivity contribution >= 4 is 23.2 Å². The molecule has 0 amide bonds. The fourth-order valence-electron chi connectivity index (χ4n) is 4.55. The second kappa shape index (κ2) is 11.3. The molecular formula is C24H19Cl2F5N6O5. The highest BCUT2D eigenvalue weighted by atomic mass is 35.5. The Bertz CT molecular complexity index is 1600. The van der Waals surface area contributed by atoms with E-state index in [9.17, 15) is 37.3 Å². The third kappa shape index (κ3) is 5.77. The minimum Gasteiger partial charge on any atom is -0.403 e. The van der Waals surface area contributed by atoms with Crippen molar-refractivity contribution in [3.05, 3.63) is 69.9 Å². The number of aliphatic hydroxyl groups excluding tert-OH is 3. The molecule has 0 spiro atoms. The van der Waals surface area contributed by atoms with Gasteiger partial charge in [-0.2, -0.15) is 5.10 Å². The van der Waals surface area contributed by atoms with E-state index in [0.29, 0.717) is 0 Å². The lowest BCUT2D eigenvalue weighted by atomic mass is 9.92. The van der Waals surface area contributed by atoms with E-state index in [1.54, 1.807) is 0 Å². The van der Waals surface area contributed by atoms with Crippen LogP contribution in [0.1, 0.15) is 23.8 Å². The zero-order valence-corrected chi connectivity index (χ0v) is 22.6. The summed E-state index contributed by atoms with van der Waals surface area (Å²) < 4.78 is 79.3. The molecule has 11 nitrogen and oxygen atoms in total. The Morgan fingerprint density at radius 1 is 1.07 bits per heavy atom. The van der Waals surface area contributed by atoms with Gasteiger partial charge in [-0.15, -0.1) is 18.3 Å². The van der Waals surface area contributed by atoms with Gasteiger partial charge < -0.3 is 24.8 Å². The fourth-order valence-corrected chi connectivity index (χ4v) is 4.82. The summed E-state index contributed by atoms with van der Waals surface area (Å²) in [5.74, 6) is -2.99. The van der Waals surface area contributed by atoms with E-state index < -0.39 is 65.8 Å². The van der Waals surface area contributed by atoms with Crippen LogP contribution in [0.15, 0.2) is 36.5 Å². The number of halogens is 7. The molecular weight excluding hydrogens is 618 g/mol. The van der Waals surface area contributed by atoms with Gasteiger partial charge >= 0.3 is 6.36 Å². The first-order chi connectivity index (χ1) is 19.8. The molecule has 0 bridgehead atoms. The van der Waals surface area contributed by atoms with Crippen LogP contribution in [-0.2, 0) is 4.74 Å². The highest BCUT2D eigenvalue weighted by molar-refractivity contribution is 6.31. The van der Waals surface area contributed by atoms with Crippen molar-refractivity contribution in [3.8, 4) is 22.7 Å². The summed E-state index contributed by atoms with van der Waals surface area (Å²) in [6, 6.07) is 3.67. The number of ether oxygens (including phenoxy) is 2. The van der Waals surface area contributed by atoms with Gasteiger partial charge in [0.1, 0.15) is 64.3 Å². The summed E-state index contributed by atoms with van der Waals surface area (Å²) >= 11 is 11.6. The summed E-state index contributed by atoms with van der Waals surface area (Å²) in [5.41, 5.74) is -0.413. The van der Waals surface area contributed by atoms with E-state index in [1.165, 1.54) is 13.1 Å². The molecule has 0 radical (unpaired) electrons. The number of hydrogen-bond acceptors (Lipinski definition) is 9. The molecule has 3 N–H and O–H groups in total. The zero-order valence-electron chi connectivity index (χ0n) is 21.0. The minimum absolute atomic E-state index is 0.0236. The third-order valence-electron chi connectivity index (χ3n) is 6.36. The maximum Gasteiger partial charge on any atom is 0.573 e. The lowest BCUT2D eigenvalue weighted by Crippen LogP contribution is -2.53. The van der Waals surface area contributed by atoms with Gasteiger partial charge in [0.05, 0.1) is 12.8 Å². The normalized spacial score (nSPS) is 22.9. The van der Waals surface area contributed by atoms with E-state index in [-0.39, 0.29) is 33.6 Å². The van der Waals surface area contributed by atoms with Crippen molar-refractivity contribution < 1.29 is 46.7 Å². The number of aliphatic hydroxyl groups is 3. The molecule has 4 aromatic rings. The molecule has 0 aliphatic carbocycles. The summed E-state index contributed by atoms with van der Waals surface area (Å²) in [6.07, 6.45) is -10.1. The summed E-state index contributed by atoms with van der Waals surface area (Å²) in [6.45, 7) is 0.663. The molecule has 3 heterocycles. The van der Waals surface area contributed by atoms with E-state index >= 15 is 0 Å².